The Bertz CT molecular complexity index is 1110. The number of H-pyrrole nitrogens is 1. The second-order valence-corrected chi connectivity index (χ2v) is 8.13. The minimum Gasteiger partial charge on any atom is -0.383 e. The lowest BCUT2D eigenvalue weighted by Crippen LogP contribution is -2.48. The van der Waals surface area contributed by atoms with Crippen LogP contribution >= 0.6 is 0 Å². The Morgan fingerprint density at radius 3 is 2.70 bits per heavy atom. The molecule has 7 nitrogen and oxygen atoms in total. The van der Waals surface area contributed by atoms with Gasteiger partial charge in [-0.2, -0.15) is 0 Å². The molecule has 0 saturated heterocycles. The summed E-state index contributed by atoms with van der Waals surface area (Å²) in [7, 11) is 1.62. The van der Waals surface area contributed by atoms with Crippen molar-refractivity contribution < 1.29 is 19.1 Å². The molecule has 0 saturated carbocycles. The second kappa shape index (κ2) is 10.6. The van der Waals surface area contributed by atoms with E-state index in [0.717, 1.165) is 28.5 Å². The highest BCUT2D eigenvalue weighted by atomic mass is 16.5. The summed E-state index contributed by atoms with van der Waals surface area (Å²) in [5.41, 5.74) is 3.23. The lowest BCUT2D eigenvalue weighted by Gasteiger charge is -2.41. The molecule has 0 fully saturated rings. The maximum Gasteiger partial charge on any atom is 0.254 e. The van der Waals surface area contributed by atoms with Crippen molar-refractivity contribution in [2.24, 2.45) is 0 Å². The highest BCUT2D eigenvalue weighted by Crippen LogP contribution is 2.44. The number of hydrogen-bond acceptors (Lipinski definition) is 4. The van der Waals surface area contributed by atoms with Crippen molar-refractivity contribution >= 4 is 22.7 Å². The Balaban J connectivity index is 1.77. The fourth-order valence-electron chi connectivity index (χ4n) is 4.64. The summed E-state index contributed by atoms with van der Waals surface area (Å²) >= 11 is 0. The topological polar surface area (TPSA) is 83.7 Å². The molecule has 2 aromatic carbocycles. The monoisotopic (exact) mass is 449 g/mol. The van der Waals surface area contributed by atoms with Gasteiger partial charge < -0.3 is 24.7 Å². The van der Waals surface area contributed by atoms with Crippen LogP contribution in [0.4, 0.5) is 0 Å². The summed E-state index contributed by atoms with van der Waals surface area (Å²) in [4.78, 5) is 32.3. The highest BCUT2D eigenvalue weighted by Gasteiger charge is 2.44. The Labute approximate surface area is 194 Å². The summed E-state index contributed by atoms with van der Waals surface area (Å²) in [5, 5.41) is 4.09. The average molecular weight is 450 g/mol. The Kier molecular flexibility index (Phi) is 7.42. The molecule has 2 unspecified atom stereocenters. The number of methoxy groups -OCH3 is 1. The van der Waals surface area contributed by atoms with Gasteiger partial charge in [0.15, 0.2) is 0 Å². The molecule has 2 amide bonds. The number of hydrogen-bond donors (Lipinski definition) is 2. The summed E-state index contributed by atoms with van der Waals surface area (Å²) in [6, 6.07) is 14.9. The van der Waals surface area contributed by atoms with Gasteiger partial charge in [-0.3, -0.25) is 9.59 Å². The molecule has 2 N–H and O–H groups in total. The van der Waals surface area contributed by atoms with E-state index in [4.69, 9.17) is 9.47 Å². The van der Waals surface area contributed by atoms with Crippen LogP contribution in [0.25, 0.3) is 10.9 Å². The van der Waals surface area contributed by atoms with Gasteiger partial charge in [0.05, 0.1) is 18.6 Å². The van der Waals surface area contributed by atoms with Crippen molar-refractivity contribution in [3.8, 4) is 0 Å². The van der Waals surface area contributed by atoms with Gasteiger partial charge in [0.2, 0.25) is 5.91 Å². The van der Waals surface area contributed by atoms with Crippen LogP contribution in [0.2, 0.25) is 0 Å². The SMILES string of the molecule is CCOCCCNC(=O)C1c2ccccc2C(=O)N(CCOC)C1c1c[nH]c2ccccc12. The van der Waals surface area contributed by atoms with Crippen LogP contribution in [0.3, 0.4) is 0 Å². The summed E-state index contributed by atoms with van der Waals surface area (Å²) in [5.74, 6) is -0.718. The standard InChI is InChI=1S/C26H31N3O4/c1-3-33-15-8-13-27-25(30)23-19-10-4-5-11-20(19)26(31)29(14-16-32-2)24(23)21-17-28-22-12-7-6-9-18(21)22/h4-7,9-12,17,23-24,28H,3,8,13-16H2,1-2H3,(H,27,30). The van der Waals surface area contributed by atoms with E-state index in [2.05, 4.69) is 10.3 Å². The zero-order chi connectivity index (χ0) is 23.2. The molecule has 4 rings (SSSR count). The fourth-order valence-corrected chi connectivity index (χ4v) is 4.64. The predicted octanol–water partition coefficient (Wildman–Crippen LogP) is 3.64. The predicted molar refractivity (Wildman–Crippen MR) is 127 cm³/mol. The largest absolute Gasteiger partial charge is 0.383 e. The zero-order valence-electron chi connectivity index (χ0n) is 19.2. The number of nitrogens with one attached hydrogen (secondary N) is 2. The summed E-state index contributed by atoms with van der Waals surface area (Å²) < 4.78 is 10.7. The molecule has 0 bridgehead atoms. The number of fused-ring (bicyclic) bond motifs is 2. The molecule has 3 aromatic rings. The third-order valence-electron chi connectivity index (χ3n) is 6.17. The number of benzene rings is 2. The number of para-hydroxylation sites is 1. The van der Waals surface area contributed by atoms with Gasteiger partial charge in [-0.15, -0.1) is 0 Å². The zero-order valence-corrected chi connectivity index (χ0v) is 19.2. The molecule has 0 aliphatic carbocycles. The molecule has 0 radical (unpaired) electrons. The van der Waals surface area contributed by atoms with Crippen molar-refractivity contribution in [2.45, 2.75) is 25.3 Å². The highest BCUT2D eigenvalue weighted by molar-refractivity contribution is 6.02. The van der Waals surface area contributed by atoms with E-state index in [0.29, 0.717) is 38.5 Å². The third kappa shape index (κ3) is 4.65. The maximum absolute atomic E-state index is 13.6. The van der Waals surface area contributed by atoms with E-state index in [1.807, 2.05) is 55.6 Å². The van der Waals surface area contributed by atoms with Crippen molar-refractivity contribution in [1.82, 2.24) is 15.2 Å². The quantitative estimate of drug-likeness (QED) is 0.463. The number of rotatable bonds is 10. The van der Waals surface area contributed by atoms with Crippen LogP contribution in [0, 0.1) is 0 Å². The smallest absolute Gasteiger partial charge is 0.254 e. The molecule has 0 spiro atoms. The van der Waals surface area contributed by atoms with Crippen LogP contribution in [-0.2, 0) is 14.3 Å². The first kappa shape index (κ1) is 23.0. The van der Waals surface area contributed by atoms with E-state index in [1.165, 1.54) is 0 Å². The van der Waals surface area contributed by atoms with Crippen LogP contribution < -0.4 is 5.32 Å². The summed E-state index contributed by atoms with van der Waals surface area (Å²) in [6.45, 7) is 4.50. The molecular weight excluding hydrogens is 418 g/mol. The van der Waals surface area contributed by atoms with Crippen molar-refractivity contribution in [2.75, 3.05) is 40.0 Å². The van der Waals surface area contributed by atoms with Crippen molar-refractivity contribution in [3.63, 3.8) is 0 Å². The first-order valence-corrected chi connectivity index (χ1v) is 11.5. The second-order valence-electron chi connectivity index (χ2n) is 8.13. The van der Waals surface area contributed by atoms with E-state index >= 15 is 0 Å². The van der Waals surface area contributed by atoms with Gasteiger partial charge in [0, 0.05) is 61.6 Å². The number of carbonyl (C=O) groups is 2. The molecule has 33 heavy (non-hydrogen) atoms. The van der Waals surface area contributed by atoms with Gasteiger partial charge in [-0.1, -0.05) is 36.4 Å². The number of nitrogens with zero attached hydrogens (tertiary/aromatic N) is 1. The molecule has 2 heterocycles. The van der Waals surface area contributed by atoms with Gasteiger partial charge in [-0.05, 0) is 31.0 Å². The minimum atomic E-state index is -0.540. The average Bonchev–Trinajstić information content (AvgIpc) is 3.27. The molecule has 174 valence electrons. The van der Waals surface area contributed by atoms with Crippen LogP contribution in [0.1, 0.15) is 46.8 Å². The van der Waals surface area contributed by atoms with Gasteiger partial charge in [0.1, 0.15) is 0 Å². The number of ether oxygens (including phenoxy) is 2. The molecular formula is C26H31N3O4. The lowest BCUT2D eigenvalue weighted by atomic mass is 9.79. The van der Waals surface area contributed by atoms with Gasteiger partial charge in [-0.25, -0.2) is 0 Å². The normalized spacial score (nSPS) is 17.9. The Morgan fingerprint density at radius 2 is 1.88 bits per heavy atom. The van der Waals surface area contributed by atoms with E-state index in [-0.39, 0.29) is 11.8 Å². The molecule has 1 aromatic heterocycles. The molecule has 7 heteroatoms. The number of carbonyl (C=O) groups excluding carboxylic acids is 2. The number of aromatic nitrogens is 1. The first-order valence-electron chi connectivity index (χ1n) is 11.5. The van der Waals surface area contributed by atoms with E-state index < -0.39 is 12.0 Å². The fraction of sp³-hybridized carbons (Fsp3) is 0.385. The Hall–Kier alpha value is -3.16. The molecule has 1 aliphatic heterocycles. The number of aromatic amines is 1. The van der Waals surface area contributed by atoms with Gasteiger partial charge >= 0.3 is 0 Å². The van der Waals surface area contributed by atoms with Crippen LogP contribution in [0.15, 0.2) is 54.7 Å². The maximum atomic E-state index is 13.6. The minimum absolute atomic E-state index is 0.0849. The summed E-state index contributed by atoms with van der Waals surface area (Å²) in [6.07, 6.45) is 2.66. The van der Waals surface area contributed by atoms with Crippen molar-refractivity contribution in [3.05, 3.63) is 71.4 Å². The van der Waals surface area contributed by atoms with Crippen LogP contribution in [-0.4, -0.2) is 61.7 Å². The van der Waals surface area contributed by atoms with E-state index in [9.17, 15) is 9.59 Å². The van der Waals surface area contributed by atoms with E-state index in [1.54, 1.807) is 18.1 Å². The number of amides is 2. The van der Waals surface area contributed by atoms with Crippen LogP contribution in [0.5, 0.6) is 0 Å². The molecule has 2 atom stereocenters. The Morgan fingerprint density at radius 1 is 1.09 bits per heavy atom. The molecule has 1 aliphatic rings. The third-order valence-corrected chi connectivity index (χ3v) is 6.17. The van der Waals surface area contributed by atoms with Gasteiger partial charge in [0.25, 0.3) is 5.91 Å². The first-order chi connectivity index (χ1) is 16.2. The van der Waals surface area contributed by atoms with Crippen molar-refractivity contribution in [1.29, 1.82) is 0 Å². The lowest BCUT2D eigenvalue weighted by molar-refractivity contribution is -0.124.